The molecule has 1 aromatic rings. The molecule has 0 unspecified atom stereocenters. The van der Waals surface area contributed by atoms with E-state index in [1.807, 2.05) is 47.0 Å². The molecule has 0 saturated heterocycles. The first kappa shape index (κ1) is 19.1. The molecule has 0 aliphatic heterocycles. The van der Waals surface area contributed by atoms with E-state index in [0.29, 0.717) is 19.6 Å². The summed E-state index contributed by atoms with van der Waals surface area (Å²) in [5, 5.41) is 6.04. The third-order valence-corrected chi connectivity index (χ3v) is 3.08. The van der Waals surface area contributed by atoms with Crippen LogP contribution >= 0.6 is 0 Å². The summed E-state index contributed by atoms with van der Waals surface area (Å²) in [6.07, 6.45) is -0.398. The fraction of sp³-hybridized carbons (Fsp3) is 0.588. The van der Waals surface area contributed by atoms with Gasteiger partial charge in [-0.25, -0.2) is 4.79 Å². The van der Waals surface area contributed by atoms with E-state index in [1.165, 1.54) is 0 Å². The lowest BCUT2D eigenvalue weighted by molar-refractivity contribution is 0.0528. The molecular formula is C17H29N3O3. The second-order valence-corrected chi connectivity index (χ2v) is 6.46. The molecule has 23 heavy (non-hydrogen) atoms. The van der Waals surface area contributed by atoms with Gasteiger partial charge in [-0.05, 0) is 32.9 Å². The van der Waals surface area contributed by atoms with E-state index in [1.54, 1.807) is 7.11 Å². The third kappa shape index (κ3) is 6.78. The van der Waals surface area contributed by atoms with Gasteiger partial charge in [0.15, 0.2) is 0 Å². The summed E-state index contributed by atoms with van der Waals surface area (Å²) in [6.45, 7) is 7.33. The van der Waals surface area contributed by atoms with Gasteiger partial charge in [-0.1, -0.05) is 6.07 Å². The molecule has 0 atom stereocenters. The van der Waals surface area contributed by atoms with Crippen molar-refractivity contribution in [2.45, 2.75) is 32.9 Å². The second kappa shape index (κ2) is 8.62. The maximum atomic E-state index is 11.5. The van der Waals surface area contributed by atoms with Crippen LogP contribution in [0.25, 0.3) is 0 Å². The van der Waals surface area contributed by atoms with Gasteiger partial charge < -0.3 is 25.0 Å². The minimum atomic E-state index is -0.477. The van der Waals surface area contributed by atoms with Crippen LogP contribution in [0.15, 0.2) is 18.2 Å². The van der Waals surface area contributed by atoms with Gasteiger partial charge in [0.2, 0.25) is 0 Å². The Kier molecular flexibility index (Phi) is 7.16. The Balaban J connectivity index is 2.46. The summed E-state index contributed by atoms with van der Waals surface area (Å²) in [5.74, 6) is 0.851. The minimum Gasteiger partial charge on any atom is -0.496 e. The van der Waals surface area contributed by atoms with Crippen molar-refractivity contribution >= 4 is 11.8 Å². The van der Waals surface area contributed by atoms with Gasteiger partial charge >= 0.3 is 6.09 Å². The highest BCUT2D eigenvalue weighted by atomic mass is 16.6. The highest BCUT2D eigenvalue weighted by Gasteiger charge is 2.15. The zero-order valence-electron chi connectivity index (χ0n) is 15.0. The molecule has 2 N–H and O–H groups in total. The van der Waals surface area contributed by atoms with Crippen molar-refractivity contribution in [1.82, 2.24) is 10.6 Å². The Morgan fingerprint density at radius 1 is 1.22 bits per heavy atom. The highest BCUT2D eigenvalue weighted by Crippen LogP contribution is 2.27. The van der Waals surface area contributed by atoms with Gasteiger partial charge in [0.05, 0.1) is 7.11 Å². The number of anilines is 1. The molecule has 0 aromatic heterocycles. The Bertz CT molecular complexity index is 510. The average Bonchev–Trinajstić information content (AvgIpc) is 2.44. The number of rotatable bonds is 7. The molecule has 0 aliphatic carbocycles. The Labute approximate surface area is 139 Å². The van der Waals surface area contributed by atoms with Crippen LogP contribution in [0.5, 0.6) is 5.75 Å². The Hall–Kier alpha value is -1.95. The van der Waals surface area contributed by atoms with Crippen LogP contribution in [0, 0.1) is 0 Å². The van der Waals surface area contributed by atoms with E-state index < -0.39 is 11.7 Å². The smallest absolute Gasteiger partial charge is 0.407 e. The molecule has 0 aliphatic rings. The lowest BCUT2D eigenvalue weighted by Gasteiger charge is -2.21. The molecule has 0 radical (unpaired) electrons. The highest BCUT2D eigenvalue weighted by molar-refractivity contribution is 5.67. The first-order valence-corrected chi connectivity index (χ1v) is 7.75. The lowest BCUT2D eigenvalue weighted by atomic mass is 10.1. The van der Waals surface area contributed by atoms with Gasteiger partial charge in [-0.15, -0.1) is 0 Å². The summed E-state index contributed by atoms with van der Waals surface area (Å²) in [4.78, 5) is 13.6. The maximum Gasteiger partial charge on any atom is 0.407 e. The van der Waals surface area contributed by atoms with Crippen LogP contribution in [0.2, 0.25) is 0 Å². The Morgan fingerprint density at radius 3 is 2.48 bits per heavy atom. The lowest BCUT2D eigenvalue weighted by Crippen LogP contribution is -2.36. The van der Waals surface area contributed by atoms with Crippen LogP contribution in [-0.4, -0.2) is 46.0 Å². The predicted octanol–water partition coefficient (Wildman–Crippen LogP) is 2.38. The van der Waals surface area contributed by atoms with Crippen LogP contribution in [0.1, 0.15) is 26.3 Å². The number of nitrogens with zero attached hydrogens (tertiary/aromatic N) is 1. The van der Waals surface area contributed by atoms with E-state index in [4.69, 9.17) is 9.47 Å². The molecule has 130 valence electrons. The number of hydrogen-bond acceptors (Lipinski definition) is 5. The summed E-state index contributed by atoms with van der Waals surface area (Å²) in [6, 6.07) is 5.98. The molecule has 1 amide bonds. The fourth-order valence-corrected chi connectivity index (χ4v) is 2.12. The van der Waals surface area contributed by atoms with Gasteiger partial charge in [0, 0.05) is 45.0 Å². The summed E-state index contributed by atoms with van der Waals surface area (Å²) in [5.41, 5.74) is 1.73. The molecule has 6 nitrogen and oxygen atoms in total. The van der Waals surface area contributed by atoms with E-state index in [2.05, 4.69) is 21.6 Å². The largest absolute Gasteiger partial charge is 0.496 e. The molecule has 1 rings (SSSR count). The van der Waals surface area contributed by atoms with Crippen LogP contribution < -0.4 is 20.3 Å². The first-order chi connectivity index (χ1) is 10.7. The standard InChI is InChI=1S/C17H29N3O3/c1-17(2,3)23-16(21)19-11-10-18-12-13-14(20(4)5)8-7-9-15(13)22-6/h7-9,18H,10-12H2,1-6H3,(H,19,21). The monoisotopic (exact) mass is 323 g/mol. The molecule has 0 spiro atoms. The molecule has 0 heterocycles. The number of benzene rings is 1. The van der Waals surface area contributed by atoms with E-state index in [0.717, 1.165) is 17.0 Å². The first-order valence-electron chi connectivity index (χ1n) is 7.75. The maximum absolute atomic E-state index is 11.5. The number of ether oxygens (including phenoxy) is 2. The molecule has 0 saturated carbocycles. The fourth-order valence-electron chi connectivity index (χ4n) is 2.12. The number of carbonyl (C=O) groups is 1. The zero-order chi connectivity index (χ0) is 17.5. The normalized spacial score (nSPS) is 11.0. The summed E-state index contributed by atoms with van der Waals surface area (Å²) >= 11 is 0. The van der Waals surface area contributed by atoms with Gasteiger partial charge in [-0.2, -0.15) is 0 Å². The Morgan fingerprint density at radius 2 is 1.91 bits per heavy atom. The minimum absolute atomic E-state index is 0.398. The average molecular weight is 323 g/mol. The van der Waals surface area contributed by atoms with E-state index >= 15 is 0 Å². The van der Waals surface area contributed by atoms with Crippen LogP contribution in [0.4, 0.5) is 10.5 Å². The van der Waals surface area contributed by atoms with Crippen molar-refractivity contribution in [1.29, 1.82) is 0 Å². The number of carbonyl (C=O) groups excluding carboxylic acids is 1. The van der Waals surface area contributed by atoms with Gasteiger partial charge in [-0.3, -0.25) is 0 Å². The third-order valence-electron chi connectivity index (χ3n) is 3.08. The molecule has 1 aromatic carbocycles. The van der Waals surface area contributed by atoms with Crippen molar-refractivity contribution < 1.29 is 14.3 Å². The van der Waals surface area contributed by atoms with Gasteiger partial charge in [0.25, 0.3) is 0 Å². The number of hydrogen-bond donors (Lipinski definition) is 2. The van der Waals surface area contributed by atoms with Crippen molar-refractivity contribution in [2.24, 2.45) is 0 Å². The topological polar surface area (TPSA) is 62.8 Å². The SMILES string of the molecule is COc1cccc(N(C)C)c1CNCCNC(=O)OC(C)(C)C. The summed E-state index contributed by atoms with van der Waals surface area (Å²) in [7, 11) is 5.67. The zero-order valence-corrected chi connectivity index (χ0v) is 15.0. The number of amides is 1. The van der Waals surface area contributed by atoms with Crippen molar-refractivity contribution in [3.8, 4) is 5.75 Å². The van der Waals surface area contributed by atoms with E-state index in [-0.39, 0.29) is 0 Å². The number of alkyl carbamates (subject to hydrolysis) is 1. The van der Waals surface area contributed by atoms with Crippen molar-refractivity contribution in [3.05, 3.63) is 23.8 Å². The van der Waals surface area contributed by atoms with Crippen LogP contribution in [-0.2, 0) is 11.3 Å². The number of methoxy groups -OCH3 is 1. The predicted molar refractivity (Wildman–Crippen MR) is 93.3 cm³/mol. The van der Waals surface area contributed by atoms with Crippen LogP contribution in [0.3, 0.4) is 0 Å². The second-order valence-electron chi connectivity index (χ2n) is 6.46. The quantitative estimate of drug-likeness (QED) is 0.754. The van der Waals surface area contributed by atoms with Crippen molar-refractivity contribution in [2.75, 3.05) is 39.2 Å². The van der Waals surface area contributed by atoms with E-state index in [9.17, 15) is 4.79 Å². The molecular weight excluding hydrogens is 294 g/mol. The summed E-state index contributed by atoms with van der Waals surface area (Å²) < 4.78 is 10.6. The number of nitrogens with one attached hydrogen (secondary N) is 2. The molecule has 6 heteroatoms. The van der Waals surface area contributed by atoms with Gasteiger partial charge in [0.1, 0.15) is 11.4 Å². The van der Waals surface area contributed by atoms with Crippen molar-refractivity contribution in [3.63, 3.8) is 0 Å². The molecule has 0 bridgehead atoms. The molecule has 0 fully saturated rings.